The fourth-order valence-electron chi connectivity index (χ4n) is 2.35. The van der Waals surface area contributed by atoms with Gasteiger partial charge in [0.2, 0.25) is 0 Å². The van der Waals surface area contributed by atoms with Crippen molar-refractivity contribution in [3.05, 3.63) is 64.1 Å². The molecule has 1 atom stereocenters. The molecule has 2 aromatic rings. The van der Waals surface area contributed by atoms with Gasteiger partial charge in [0.25, 0.3) is 0 Å². The first-order valence-electron chi connectivity index (χ1n) is 6.51. The Bertz CT molecular complexity index is 633. The number of hydrogen-bond acceptors (Lipinski definition) is 2. The van der Waals surface area contributed by atoms with Gasteiger partial charge in [-0.05, 0) is 42.0 Å². The lowest BCUT2D eigenvalue weighted by Crippen LogP contribution is -2.16. The number of benzene rings is 2. The molecular weight excluding hydrogens is 291 g/mol. The molecule has 0 amide bonds. The predicted molar refractivity (Wildman–Crippen MR) is 86.0 cm³/mol. The minimum Gasteiger partial charge on any atom is -0.265 e. The smallest absolute Gasteiger partial charge is 0.0728 e. The molecule has 1 aliphatic heterocycles. The van der Waals surface area contributed by atoms with Gasteiger partial charge >= 0.3 is 0 Å². The molecule has 2 aromatic carbocycles. The van der Waals surface area contributed by atoms with E-state index in [1.807, 2.05) is 53.5 Å². The Morgan fingerprint density at radius 3 is 2.10 bits per heavy atom. The lowest BCUT2D eigenvalue weighted by Gasteiger charge is -2.14. The second kappa shape index (κ2) is 5.47. The second-order valence-corrected chi connectivity index (χ2v) is 5.82. The summed E-state index contributed by atoms with van der Waals surface area (Å²) in [6.07, 6.45) is 0. The zero-order valence-electron chi connectivity index (χ0n) is 11.1. The maximum Gasteiger partial charge on any atom is 0.0728 e. The minimum absolute atomic E-state index is 0.381. The van der Waals surface area contributed by atoms with Gasteiger partial charge in [-0.25, -0.2) is 0 Å². The SMILES string of the molecule is CC1CN(c2ccc(Cl)cc2)N=C1c1ccc(Cl)cc1. The Kier molecular flexibility index (Phi) is 3.68. The fraction of sp³-hybridized carbons (Fsp3) is 0.188. The topological polar surface area (TPSA) is 15.6 Å². The fourth-order valence-corrected chi connectivity index (χ4v) is 2.61. The zero-order chi connectivity index (χ0) is 14.1. The van der Waals surface area contributed by atoms with E-state index in [1.165, 1.54) is 0 Å². The van der Waals surface area contributed by atoms with Crippen molar-refractivity contribution in [3.8, 4) is 0 Å². The van der Waals surface area contributed by atoms with Gasteiger partial charge in [-0.1, -0.05) is 42.3 Å². The van der Waals surface area contributed by atoms with Crippen LogP contribution in [0.1, 0.15) is 12.5 Å². The van der Waals surface area contributed by atoms with Crippen molar-refractivity contribution in [1.82, 2.24) is 0 Å². The average molecular weight is 305 g/mol. The molecular formula is C16H14Cl2N2. The normalized spacial score (nSPS) is 18.2. The van der Waals surface area contributed by atoms with E-state index in [-0.39, 0.29) is 0 Å². The van der Waals surface area contributed by atoms with Crippen LogP contribution in [0.2, 0.25) is 10.0 Å². The summed E-state index contributed by atoms with van der Waals surface area (Å²) in [6.45, 7) is 3.06. The standard InChI is InChI=1S/C16H14Cl2N2/c1-11-10-20(15-8-6-14(18)7-9-15)19-16(11)12-2-4-13(17)5-3-12/h2-9,11H,10H2,1H3. The summed E-state index contributed by atoms with van der Waals surface area (Å²) in [4.78, 5) is 0. The molecule has 0 aromatic heterocycles. The van der Waals surface area contributed by atoms with Gasteiger partial charge in [-0.3, -0.25) is 5.01 Å². The van der Waals surface area contributed by atoms with Gasteiger partial charge in [0.05, 0.1) is 11.4 Å². The Balaban J connectivity index is 1.90. The Hall–Kier alpha value is -1.51. The number of nitrogens with zero attached hydrogens (tertiary/aromatic N) is 2. The van der Waals surface area contributed by atoms with Crippen molar-refractivity contribution in [2.45, 2.75) is 6.92 Å². The third kappa shape index (κ3) is 2.67. The summed E-state index contributed by atoms with van der Waals surface area (Å²) in [5, 5.41) is 8.24. The largest absolute Gasteiger partial charge is 0.265 e. The number of hydrogen-bond donors (Lipinski definition) is 0. The molecule has 2 nitrogen and oxygen atoms in total. The highest BCUT2D eigenvalue weighted by molar-refractivity contribution is 6.31. The van der Waals surface area contributed by atoms with Crippen molar-refractivity contribution < 1.29 is 0 Å². The number of rotatable bonds is 2. The van der Waals surface area contributed by atoms with Crippen LogP contribution >= 0.6 is 23.2 Å². The zero-order valence-corrected chi connectivity index (χ0v) is 12.6. The molecule has 1 unspecified atom stereocenters. The Morgan fingerprint density at radius 1 is 0.950 bits per heavy atom. The molecule has 0 bridgehead atoms. The lowest BCUT2D eigenvalue weighted by atomic mass is 9.99. The molecule has 0 N–H and O–H groups in total. The van der Waals surface area contributed by atoms with Crippen molar-refractivity contribution >= 4 is 34.6 Å². The molecule has 102 valence electrons. The van der Waals surface area contributed by atoms with Crippen LogP contribution in [0.15, 0.2) is 53.6 Å². The van der Waals surface area contributed by atoms with E-state index in [0.717, 1.165) is 33.6 Å². The second-order valence-electron chi connectivity index (χ2n) is 4.95. The van der Waals surface area contributed by atoms with E-state index >= 15 is 0 Å². The van der Waals surface area contributed by atoms with Crippen LogP contribution in [0.4, 0.5) is 5.69 Å². The average Bonchev–Trinajstić information content (AvgIpc) is 2.82. The third-order valence-corrected chi connectivity index (χ3v) is 3.91. The van der Waals surface area contributed by atoms with Crippen LogP contribution in [0.25, 0.3) is 0 Å². The first kappa shape index (κ1) is 13.5. The summed E-state index contributed by atoms with van der Waals surface area (Å²) in [7, 11) is 0. The van der Waals surface area contributed by atoms with Crippen molar-refractivity contribution in [3.63, 3.8) is 0 Å². The van der Waals surface area contributed by atoms with Crippen LogP contribution < -0.4 is 5.01 Å². The van der Waals surface area contributed by atoms with Gasteiger partial charge < -0.3 is 0 Å². The molecule has 0 saturated heterocycles. The van der Waals surface area contributed by atoms with Crippen LogP contribution in [-0.4, -0.2) is 12.3 Å². The highest BCUT2D eigenvalue weighted by Crippen LogP contribution is 2.26. The third-order valence-electron chi connectivity index (χ3n) is 3.41. The number of halogens is 2. The Labute approximate surface area is 128 Å². The van der Waals surface area contributed by atoms with Crippen LogP contribution in [-0.2, 0) is 0 Å². The summed E-state index contributed by atoms with van der Waals surface area (Å²) < 4.78 is 0. The molecule has 1 aliphatic rings. The highest BCUT2D eigenvalue weighted by Gasteiger charge is 2.24. The van der Waals surface area contributed by atoms with E-state index < -0.39 is 0 Å². The molecule has 0 spiro atoms. The molecule has 1 heterocycles. The van der Waals surface area contributed by atoms with Gasteiger partial charge in [0.15, 0.2) is 0 Å². The maximum atomic E-state index is 5.93. The summed E-state index contributed by atoms with van der Waals surface area (Å²) in [6, 6.07) is 15.6. The minimum atomic E-state index is 0.381. The number of anilines is 1. The molecule has 0 radical (unpaired) electrons. The maximum absolute atomic E-state index is 5.93. The predicted octanol–water partition coefficient (Wildman–Crippen LogP) is 4.85. The molecule has 4 heteroatoms. The van der Waals surface area contributed by atoms with E-state index in [1.54, 1.807) is 0 Å². The van der Waals surface area contributed by atoms with Crippen molar-refractivity contribution in [2.24, 2.45) is 11.0 Å². The monoisotopic (exact) mass is 304 g/mol. The lowest BCUT2D eigenvalue weighted by molar-refractivity contribution is 0.776. The first-order chi connectivity index (χ1) is 9.63. The summed E-state index contributed by atoms with van der Waals surface area (Å²) in [5.74, 6) is 0.381. The van der Waals surface area contributed by atoms with Gasteiger partial charge in [-0.2, -0.15) is 5.10 Å². The molecule has 0 aliphatic carbocycles. The van der Waals surface area contributed by atoms with E-state index in [4.69, 9.17) is 28.3 Å². The molecule has 0 saturated carbocycles. The van der Waals surface area contributed by atoms with Gasteiger partial charge in [-0.15, -0.1) is 0 Å². The number of hydrazone groups is 1. The van der Waals surface area contributed by atoms with E-state index in [2.05, 4.69) is 6.92 Å². The molecule has 20 heavy (non-hydrogen) atoms. The summed E-state index contributed by atoms with van der Waals surface area (Å²) >= 11 is 11.9. The van der Waals surface area contributed by atoms with Crippen LogP contribution in [0, 0.1) is 5.92 Å². The molecule has 3 rings (SSSR count). The van der Waals surface area contributed by atoms with E-state index in [9.17, 15) is 0 Å². The van der Waals surface area contributed by atoms with Gasteiger partial charge in [0, 0.05) is 22.5 Å². The van der Waals surface area contributed by atoms with Crippen LogP contribution in [0.5, 0.6) is 0 Å². The van der Waals surface area contributed by atoms with Gasteiger partial charge in [0.1, 0.15) is 0 Å². The summed E-state index contributed by atoms with van der Waals surface area (Å²) in [5.41, 5.74) is 3.28. The van der Waals surface area contributed by atoms with Crippen molar-refractivity contribution in [1.29, 1.82) is 0 Å². The van der Waals surface area contributed by atoms with Crippen molar-refractivity contribution in [2.75, 3.05) is 11.6 Å². The van der Waals surface area contributed by atoms with Crippen LogP contribution in [0.3, 0.4) is 0 Å². The molecule has 0 fully saturated rings. The first-order valence-corrected chi connectivity index (χ1v) is 7.26. The van der Waals surface area contributed by atoms with E-state index in [0.29, 0.717) is 5.92 Å². The quantitative estimate of drug-likeness (QED) is 0.774. The highest BCUT2D eigenvalue weighted by atomic mass is 35.5. The Morgan fingerprint density at radius 2 is 1.50 bits per heavy atom.